The fourth-order valence-electron chi connectivity index (χ4n) is 5.45. The number of hydrogen-bond acceptors (Lipinski definition) is 13. The van der Waals surface area contributed by atoms with E-state index < -0.39 is 83.2 Å². The number of aromatic nitrogens is 8. The van der Waals surface area contributed by atoms with Crippen LogP contribution in [-0.4, -0.2) is 117 Å². The number of nitrogens with zero attached hydrogens (tertiary/aromatic N) is 8. The molecule has 21 heteroatoms. The lowest BCUT2D eigenvalue weighted by Crippen LogP contribution is -2.56. The number of benzene rings is 1. The fraction of sp³-hybridized carbons (Fsp3) is 0.481. The first-order valence-corrected chi connectivity index (χ1v) is 15.1. The van der Waals surface area contributed by atoms with Gasteiger partial charge in [-0.2, -0.15) is 13.2 Å². The van der Waals surface area contributed by atoms with Crippen molar-refractivity contribution in [2.75, 3.05) is 26.9 Å². The van der Waals surface area contributed by atoms with Crippen molar-refractivity contribution in [1.29, 1.82) is 0 Å². The van der Waals surface area contributed by atoms with Gasteiger partial charge in [0, 0.05) is 18.9 Å². The molecule has 2 fully saturated rings. The highest BCUT2D eigenvalue weighted by Crippen LogP contribution is 2.41. The molecule has 3 N–H and O–H groups in total. The Morgan fingerprint density at radius 3 is 2.35 bits per heavy atom. The molecular formula is C27H26F6N8O6S. The molecule has 2 aliphatic rings. The Labute approximate surface area is 270 Å². The third kappa shape index (κ3) is 6.62. The highest BCUT2D eigenvalue weighted by molar-refractivity contribution is 8.00. The van der Waals surface area contributed by atoms with Gasteiger partial charge < -0.3 is 29.5 Å². The van der Waals surface area contributed by atoms with Gasteiger partial charge in [0.25, 0.3) is 0 Å². The lowest BCUT2D eigenvalue weighted by Gasteiger charge is -2.45. The van der Waals surface area contributed by atoms with Gasteiger partial charge in [0.2, 0.25) is 5.82 Å². The van der Waals surface area contributed by atoms with E-state index in [9.17, 15) is 41.7 Å². The van der Waals surface area contributed by atoms with Gasteiger partial charge in [0.05, 0.1) is 49.3 Å². The van der Waals surface area contributed by atoms with Gasteiger partial charge in [0.1, 0.15) is 47.2 Å². The minimum absolute atomic E-state index is 0.000805. The van der Waals surface area contributed by atoms with Crippen LogP contribution in [0.3, 0.4) is 0 Å². The Bertz CT molecular complexity index is 1730. The van der Waals surface area contributed by atoms with Gasteiger partial charge in [-0.15, -0.1) is 22.0 Å². The van der Waals surface area contributed by atoms with E-state index in [1.165, 1.54) is 34.9 Å². The molecule has 0 saturated carbocycles. The molecule has 4 aromatic rings. The predicted molar refractivity (Wildman–Crippen MR) is 150 cm³/mol. The average molecular weight is 705 g/mol. The van der Waals surface area contributed by atoms with Crippen LogP contribution in [0.15, 0.2) is 36.8 Å². The Balaban J connectivity index is 1.22. The van der Waals surface area contributed by atoms with Crippen molar-refractivity contribution in [3.05, 3.63) is 60.1 Å². The quantitative estimate of drug-likeness (QED) is 0.179. The first kappa shape index (κ1) is 34.1. The Kier molecular flexibility index (Phi) is 9.71. The largest absolute Gasteiger partial charge is 0.451 e. The van der Waals surface area contributed by atoms with Gasteiger partial charge in [-0.25, -0.2) is 32.5 Å². The maximum atomic E-state index is 13.9. The predicted octanol–water partition coefficient (Wildman–Crippen LogP) is 1.80. The van der Waals surface area contributed by atoms with Crippen molar-refractivity contribution < 1.29 is 55.9 Å². The van der Waals surface area contributed by atoms with Crippen LogP contribution >= 0.6 is 11.8 Å². The summed E-state index contributed by atoms with van der Waals surface area (Å²) in [4.78, 5) is 6.74. The number of hydrogen-bond donors (Lipinski definition) is 3. The molecule has 0 spiro atoms. The molecule has 0 bridgehead atoms. The number of methoxy groups -OCH3 is 1. The van der Waals surface area contributed by atoms with E-state index in [1.807, 2.05) is 0 Å². The van der Waals surface area contributed by atoms with Crippen LogP contribution in [0.2, 0.25) is 0 Å². The summed E-state index contributed by atoms with van der Waals surface area (Å²) < 4.78 is 100. The standard InChI is InChI=1S/C27H26F6N8O6S/c1-45-24-21(41-6-15(36-39-41)11-4-12(28)20(30)13(29)5-11)23(44)18(8-42)47-25(24)48-19-10-46-9-17(22(19)43)40-7-16(37-38-40)14-2-3-34-26(35-14)27(31,32)33/h2-7,17-19,21-25,42-44H,8-10H2,1H3/t17-,18+,19+,21-,22+,23-,24+,25-/m0/s1. The van der Waals surface area contributed by atoms with Crippen molar-refractivity contribution in [2.24, 2.45) is 0 Å². The summed E-state index contributed by atoms with van der Waals surface area (Å²) in [5.74, 6) is -5.87. The number of halogens is 6. The minimum Gasteiger partial charge on any atom is -0.394 e. The monoisotopic (exact) mass is 704 g/mol. The highest BCUT2D eigenvalue weighted by atomic mass is 32.2. The second kappa shape index (κ2) is 13.6. The highest BCUT2D eigenvalue weighted by Gasteiger charge is 2.49. The van der Waals surface area contributed by atoms with E-state index >= 15 is 0 Å². The zero-order valence-corrected chi connectivity index (χ0v) is 25.3. The number of aliphatic hydroxyl groups is 3. The average Bonchev–Trinajstić information content (AvgIpc) is 3.75. The summed E-state index contributed by atoms with van der Waals surface area (Å²) in [5, 5.41) is 47.6. The Morgan fingerprint density at radius 1 is 0.979 bits per heavy atom. The van der Waals surface area contributed by atoms with Crippen molar-refractivity contribution in [1.82, 2.24) is 40.0 Å². The third-order valence-corrected chi connectivity index (χ3v) is 9.28. The molecular weight excluding hydrogens is 678 g/mol. The van der Waals surface area contributed by atoms with E-state index in [-0.39, 0.29) is 35.9 Å². The van der Waals surface area contributed by atoms with Gasteiger partial charge in [-0.05, 0) is 18.2 Å². The summed E-state index contributed by atoms with van der Waals surface area (Å²) in [6, 6.07) is 0.804. The van der Waals surface area contributed by atoms with Crippen LogP contribution in [-0.2, 0) is 20.4 Å². The van der Waals surface area contributed by atoms with Crippen LogP contribution < -0.4 is 0 Å². The van der Waals surface area contributed by atoms with Crippen molar-refractivity contribution in [2.45, 2.75) is 53.4 Å². The van der Waals surface area contributed by atoms with E-state index in [4.69, 9.17) is 14.2 Å². The second-order valence-electron chi connectivity index (χ2n) is 10.9. The van der Waals surface area contributed by atoms with Crippen LogP contribution in [0.4, 0.5) is 26.3 Å². The minimum atomic E-state index is -4.77. The lowest BCUT2D eigenvalue weighted by atomic mass is 9.97. The summed E-state index contributed by atoms with van der Waals surface area (Å²) in [5.41, 5.74) is -1.27. The maximum absolute atomic E-state index is 13.9. The molecule has 48 heavy (non-hydrogen) atoms. The van der Waals surface area contributed by atoms with E-state index in [0.717, 1.165) is 30.1 Å². The smallest absolute Gasteiger partial charge is 0.394 e. The van der Waals surface area contributed by atoms with Crippen molar-refractivity contribution in [3.8, 4) is 22.6 Å². The molecule has 3 aromatic heterocycles. The summed E-state index contributed by atoms with van der Waals surface area (Å²) in [7, 11) is 1.33. The van der Waals surface area contributed by atoms with Gasteiger partial charge >= 0.3 is 6.18 Å². The third-order valence-electron chi connectivity index (χ3n) is 7.87. The zero-order chi connectivity index (χ0) is 34.3. The van der Waals surface area contributed by atoms with Crippen molar-refractivity contribution in [3.63, 3.8) is 0 Å². The number of thioether (sulfide) groups is 1. The van der Waals surface area contributed by atoms with Crippen LogP contribution in [0, 0.1) is 17.5 Å². The van der Waals surface area contributed by atoms with Crippen molar-refractivity contribution >= 4 is 11.8 Å². The van der Waals surface area contributed by atoms with Crippen LogP contribution in [0.5, 0.6) is 0 Å². The van der Waals surface area contributed by atoms with Crippen LogP contribution in [0.25, 0.3) is 22.6 Å². The Morgan fingerprint density at radius 2 is 1.67 bits per heavy atom. The first-order valence-electron chi connectivity index (χ1n) is 14.2. The number of alkyl halides is 3. The normalized spacial score (nSPS) is 28.1. The maximum Gasteiger partial charge on any atom is 0.451 e. The molecule has 14 nitrogen and oxygen atoms in total. The molecule has 0 aliphatic carbocycles. The SMILES string of the molecule is CO[C@@H]1[C@@H](n2cc(-c3cc(F)c(F)c(F)c3)nn2)[C@@H](O)[C@@H](CO)O[C@H]1S[C@@H]1COC[C@H](n2cc(-c3ccnc(C(F)(F)F)n3)nn2)[C@H]1O. The molecule has 0 radical (unpaired) electrons. The van der Waals surface area contributed by atoms with E-state index in [2.05, 4.69) is 30.6 Å². The molecule has 2 saturated heterocycles. The van der Waals surface area contributed by atoms with E-state index in [0.29, 0.717) is 0 Å². The molecule has 8 atom stereocenters. The zero-order valence-electron chi connectivity index (χ0n) is 24.5. The second-order valence-corrected chi connectivity index (χ2v) is 12.2. The molecule has 258 valence electrons. The first-order chi connectivity index (χ1) is 22.9. The molecule has 0 unspecified atom stereocenters. The summed E-state index contributed by atoms with van der Waals surface area (Å²) in [6.45, 7) is -0.633. The molecule has 0 amide bonds. The van der Waals surface area contributed by atoms with Gasteiger partial charge in [-0.1, -0.05) is 10.4 Å². The van der Waals surface area contributed by atoms with Crippen LogP contribution in [0.1, 0.15) is 17.9 Å². The molecule has 1 aromatic carbocycles. The molecule has 5 heterocycles. The van der Waals surface area contributed by atoms with E-state index in [1.54, 1.807) is 0 Å². The van der Waals surface area contributed by atoms with Gasteiger partial charge in [0.15, 0.2) is 17.5 Å². The molecule has 6 rings (SSSR count). The number of aliphatic hydroxyl groups excluding tert-OH is 3. The molecule has 2 aliphatic heterocycles. The lowest BCUT2D eigenvalue weighted by molar-refractivity contribution is -0.186. The number of ether oxygens (including phenoxy) is 3. The summed E-state index contributed by atoms with van der Waals surface area (Å²) in [6.07, 6.45) is -6.01. The summed E-state index contributed by atoms with van der Waals surface area (Å²) >= 11 is 1.06. The van der Waals surface area contributed by atoms with Gasteiger partial charge in [-0.3, -0.25) is 0 Å². The fourth-order valence-corrected chi connectivity index (χ4v) is 6.95. The number of rotatable bonds is 8. The topological polar surface area (TPSA) is 176 Å². The Hall–Kier alpha value is -3.73.